The molecule has 4 fully saturated rings. The van der Waals surface area contributed by atoms with Gasteiger partial charge < -0.3 is 88.9 Å². The van der Waals surface area contributed by atoms with E-state index < -0.39 is 104 Å². The second-order valence-corrected chi connectivity index (χ2v) is 12.4. The van der Waals surface area contributed by atoms with Crippen molar-refractivity contribution < 1.29 is 54.4 Å². The minimum Gasteiger partial charge on any atom is -0.394 e. The molecule has 4 rings (SSSR count). The van der Waals surface area contributed by atoms with E-state index in [9.17, 15) is 35.4 Å². The number of nitrogens with one attached hydrogen (secondary N) is 2. The van der Waals surface area contributed by atoms with E-state index in [-0.39, 0.29) is 32.0 Å². The van der Waals surface area contributed by atoms with Gasteiger partial charge in [0, 0.05) is 25.2 Å². The van der Waals surface area contributed by atoms with Gasteiger partial charge in [0.1, 0.15) is 42.7 Å². The van der Waals surface area contributed by atoms with Gasteiger partial charge in [0.15, 0.2) is 12.6 Å². The average Bonchev–Trinajstić information content (AvgIpc) is 2.98. The Bertz CT molecular complexity index is 922. The third-order valence-corrected chi connectivity index (χ3v) is 9.13. The Morgan fingerprint density at radius 3 is 2.14 bits per heavy atom. The van der Waals surface area contributed by atoms with Crippen LogP contribution in [0.2, 0.25) is 0 Å². The first-order chi connectivity index (χ1) is 20.9. The van der Waals surface area contributed by atoms with Gasteiger partial charge >= 0.3 is 0 Å². The Kier molecular flexibility index (Phi) is 12.7. The first kappa shape index (κ1) is 35.7. The summed E-state index contributed by atoms with van der Waals surface area (Å²) in [6.45, 7) is -0.376. The van der Waals surface area contributed by atoms with E-state index in [0.717, 1.165) is 12.8 Å². The van der Waals surface area contributed by atoms with Crippen molar-refractivity contribution in [3.63, 3.8) is 0 Å². The zero-order chi connectivity index (χ0) is 32.3. The highest BCUT2D eigenvalue weighted by Crippen LogP contribution is 2.32. The molecule has 44 heavy (non-hydrogen) atoms. The van der Waals surface area contributed by atoms with E-state index in [4.69, 9.17) is 47.6 Å². The maximum absolute atomic E-state index is 12.6. The quantitative estimate of drug-likeness (QED) is 0.0944. The topological polar surface area (TPSA) is 330 Å². The molecule has 0 aromatic rings. The fourth-order valence-electron chi connectivity index (χ4n) is 6.33. The fourth-order valence-corrected chi connectivity index (χ4v) is 6.33. The lowest BCUT2D eigenvalue weighted by atomic mass is 9.80. The third-order valence-electron chi connectivity index (χ3n) is 9.13. The molecule has 0 bridgehead atoms. The van der Waals surface area contributed by atoms with Crippen LogP contribution in [0.15, 0.2) is 0 Å². The minimum absolute atomic E-state index is 0.0167. The summed E-state index contributed by atoms with van der Waals surface area (Å²) in [5, 5.41) is 68.7. The van der Waals surface area contributed by atoms with E-state index >= 15 is 0 Å². The summed E-state index contributed by atoms with van der Waals surface area (Å²) in [5.41, 5.74) is 29.6. The van der Waals surface area contributed by atoms with E-state index in [1.165, 1.54) is 0 Å². The second kappa shape index (κ2) is 15.6. The largest absolute Gasteiger partial charge is 0.394 e. The van der Waals surface area contributed by atoms with Gasteiger partial charge in [0.05, 0.1) is 36.9 Å². The fraction of sp³-hybridized carbons (Fsp3) is 0.962. The molecule has 2 saturated heterocycles. The van der Waals surface area contributed by atoms with Crippen molar-refractivity contribution in [2.45, 2.75) is 123 Å². The van der Waals surface area contributed by atoms with E-state index in [2.05, 4.69) is 10.6 Å². The number of carbonyl (C=O) groups excluding carboxylic acids is 1. The Morgan fingerprint density at radius 2 is 1.52 bits per heavy atom. The molecule has 2 saturated carbocycles. The maximum atomic E-state index is 12.6. The number of ether oxygens (including phenoxy) is 4. The van der Waals surface area contributed by atoms with Gasteiger partial charge in [0.2, 0.25) is 5.91 Å². The summed E-state index contributed by atoms with van der Waals surface area (Å²) < 4.78 is 23.8. The molecule has 0 aromatic carbocycles. The van der Waals surface area contributed by atoms with E-state index in [0.29, 0.717) is 12.5 Å². The van der Waals surface area contributed by atoms with Crippen LogP contribution in [0.25, 0.3) is 0 Å². The maximum Gasteiger partial charge on any atom is 0.250 e. The summed E-state index contributed by atoms with van der Waals surface area (Å²) in [4.78, 5) is 12.6. The number of nitrogens with two attached hydrogens (primary N) is 5. The molecule has 256 valence electrons. The first-order valence-electron chi connectivity index (χ1n) is 15.2. The molecule has 0 spiro atoms. The number of hydrogen-bond donors (Lipinski definition) is 13. The molecule has 2 aliphatic heterocycles. The standard InChI is InChI=1S/C26H51N7O11/c27-5-15(36)24(40)33-12-3-11(30)22(21(39)23(12)44-26-20(38)18(31)19(37)17(8-34)42-26)43-25-13(4-14(35)16(6-28)41-25)32-7-9-1-10(29)2-9/h9-23,25-26,32,34-39H,1-8,27-31H2,(H,33,40)/t9?,10?,11-,12+,13+,14-,15-,16+,17+,18-,19+,20+,21-,22?,23-,25+,26+/m0/s1. The van der Waals surface area contributed by atoms with Crippen LogP contribution in [-0.4, -0.2) is 161 Å². The second-order valence-electron chi connectivity index (χ2n) is 12.4. The normalized spacial score (nSPS) is 47.1. The Hall–Kier alpha value is -1.17. The minimum atomic E-state index is -1.58. The lowest BCUT2D eigenvalue weighted by molar-refractivity contribution is -0.316. The molecule has 4 aliphatic rings. The lowest BCUT2D eigenvalue weighted by Crippen LogP contribution is -2.69. The molecular weight excluding hydrogens is 586 g/mol. The molecule has 15 atom stereocenters. The molecular formula is C26H51N7O11. The van der Waals surface area contributed by atoms with E-state index in [1.807, 2.05) is 0 Å². The summed E-state index contributed by atoms with van der Waals surface area (Å²) in [6, 6.07) is -3.52. The Labute approximate surface area is 255 Å². The van der Waals surface area contributed by atoms with Gasteiger partial charge in [-0.25, -0.2) is 0 Å². The van der Waals surface area contributed by atoms with Crippen molar-refractivity contribution in [1.82, 2.24) is 10.6 Å². The summed E-state index contributed by atoms with van der Waals surface area (Å²) in [5.74, 6) is -0.483. The predicted molar refractivity (Wildman–Crippen MR) is 152 cm³/mol. The molecule has 18 N–H and O–H groups in total. The third kappa shape index (κ3) is 8.03. The van der Waals surface area contributed by atoms with Crippen LogP contribution < -0.4 is 39.3 Å². The van der Waals surface area contributed by atoms with Crippen molar-refractivity contribution in [2.75, 3.05) is 26.2 Å². The highest BCUT2D eigenvalue weighted by Gasteiger charge is 2.51. The zero-order valence-electron chi connectivity index (χ0n) is 24.6. The molecule has 1 amide bonds. The number of amides is 1. The van der Waals surface area contributed by atoms with E-state index in [1.54, 1.807) is 0 Å². The van der Waals surface area contributed by atoms with Gasteiger partial charge in [-0.3, -0.25) is 4.79 Å². The van der Waals surface area contributed by atoms with Crippen molar-refractivity contribution in [2.24, 2.45) is 34.6 Å². The van der Waals surface area contributed by atoms with Crippen molar-refractivity contribution >= 4 is 5.91 Å². The summed E-state index contributed by atoms with van der Waals surface area (Å²) in [7, 11) is 0. The van der Waals surface area contributed by atoms with Crippen molar-refractivity contribution in [1.29, 1.82) is 0 Å². The number of carbonyl (C=O) groups is 1. The summed E-state index contributed by atoms with van der Waals surface area (Å²) in [6.07, 6.45) is -12.0. The van der Waals surface area contributed by atoms with Crippen LogP contribution in [0, 0.1) is 5.92 Å². The molecule has 0 aromatic heterocycles. The van der Waals surface area contributed by atoms with Crippen LogP contribution in [0.1, 0.15) is 25.7 Å². The van der Waals surface area contributed by atoms with Gasteiger partial charge in [-0.2, -0.15) is 0 Å². The molecule has 1 unspecified atom stereocenters. The highest BCUT2D eigenvalue weighted by molar-refractivity contribution is 5.81. The molecule has 2 heterocycles. The van der Waals surface area contributed by atoms with Crippen LogP contribution in [0.4, 0.5) is 0 Å². The predicted octanol–water partition coefficient (Wildman–Crippen LogP) is -7.45. The number of rotatable bonds is 12. The average molecular weight is 638 g/mol. The Morgan fingerprint density at radius 1 is 0.864 bits per heavy atom. The highest BCUT2D eigenvalue weighted by atomic mass is 16.7. The monoisotopic (exact) mass is 637 g/mol. The lowest BCUT2D eigenvalue weighted by Gasteiger charge is -2.49. The van der Waals surface area contributed by atoms with Crippen LogP contribution in [0.3, 0.4) is 0 Å². The molecule has 18 nitrogen and oxygen atoms in total. The van der Waals surface area contributed by atoms with Gasteiger partial charge in [-0.15, -0.1) is 0 Å². The Balaban J connectivity index is 1.54. The van der Waals surface area contributed by atoms with Crippen LogP contribution in [-0.2, 0) is 23.7 Å². The first-order valence-corrected chi connectivity index (χ1v) is 15.2. The van der Waals surface area contributed by atoms with Crippen molar-refractivity contribution in [3.05, 3.63) is 0 Å². The number of hydrogen-bond acceptors (Lipinski definition) is 17. The molecule has 0 radical (unpaired) electrons. The zero-order valence-corrected chi connectivity index (χ0v) is 24.6. The SMILES string of the molecule is NC[C@H](O)C(=O)N[C@@H]1C[C@H](N)C(O[C@H]2O[C@H](CN)[C@@H](O)C[C@H]2NCC2CC(N)C2)[C@H](O)[C@H]1O[C@H]1O[C@H](CO)[C@@H](O)[C@H](N)[C@H]1O. The van der Waals surface area contributed by atoms with Gasteiger partial charge in [0.25, 0.3) is 0 Å². The smallest absolute Gasteiger partial charge is 0.250 e. The number of aliphatic hydroxyl groups is 6. The summed E-state index contributed by atoms with van der Waals surface area (Å²) >= 11 is 0. The van der Waals surface area contributed by atoms with Crippen molar-refractivity contribution in [3.8, 4) is 0 Å². The van der Waals surface area contributed by atoms with Crippen LogP contribution in [0.5, 0.6) is 0 Å². The number of aliphatic hydroxyl groups excluding tert-OH is 6. The van der Waals surface area contributed by atoms with Crippen LogP contribution >= 0.6 is 0 Å². The van der Waals surface area contributed by atoms with Gasteiger partial charge in [-0.1, -0.05) is 0 Å². The molecule has 2 aliphatic carbocycles. The molecule has 18 heteroatoms. The van der Waals surface area contributed by atoms with Gasteiger partial charge in [-0.05, 0) is 38.1 Å².